The highest BCUT2D eigenvalue weighted by Crippen LogP contribution is 2.34. The molecule has 1 amide bonds. The lowest BCUT2D eigenvalue weighted by Gasteiger charge is -2.11. The number of rotatable bonds is 2. The molecule has 1 atom stereocenters. The Morgan fingerprint density at radius 1 is 1.29 bits per heavy atom. The maximum Gasteiger partial charge on any atom is 0.419 e. The van der Waals surface area contributed by atoms with Crippen LogP contribution >= 0.6 is 0 Å². The predicted molar refractivity (Wildman–Crippen MR) is 65.9 cm³/mol. The first kappa shape index (κ1) is 13.8. The number of carbonyl (C=O) groups excluding carboxylic acids is 1. The second-order valence-corrected chi connectivity index (χ2v) is 5.03. The average molecular weight is 301 g/mol. The van der Waals surface area contributed by atoms with Crippen LogP contribution in [0.15, 0.2) is 23.2 Å². The fourth-order valence-corrected chi connectivity index (χ4v) is 2.06. The number of halogens is 4. The standard InChI is InChI=1S/C13H11F4N3O/c14-9-4-1-6(5-8(9)13(15,16)17)10-11(21)20-12(19-10)18-7-2-3-7/h1,4-5,7,10H,2-3H2,(H2,18,19,20,21). The Bertz CT molecular complexity index is 622. The SMILES string of the molecule is O=C1NC(NC2CC2)=NC1c1ccc(F)c(C(F)(F)F)c1. The minimum Gasteiger partial charge on any atom is -0.353 e. The summed E-state index contributed by atoms with van der Waals surface area (Å²) in [6, 6.07) is 1.63. The van der Waals surface area contributed by atoms with E-state index in [1.165, 1.54) is 0 Å². The lowest BCUT2D eigenvalue weighted by atomic mass is 10.0. The largest absolute Gasteiger partial charge is 0.419 e. The number of nitrogens with one attached hydrogen (secondary N) is 2. The molecule has 21 heavy (non-hydrogen) atoms. The Kier molecular flexibility index (Phi) is 3.11. The van der Waals surface area contributed by atoms with Gasteiger partial charge in [0.2, 0.25) is 0 Å². The van der Waals surface area contributed by atoms with E-state index in [2.05, 4.69) is 15.6 Å². The lowest BCUT2D eigenvalue weighted by Crippen LogP contribution is -2.37. The monoisotopic (exact) mass is 301 g/mol. The molecular formula is C13H11F4N3O. The van der Waals surface area contributed by atoms with Crippen molar-refractivity contribution in [2.24, 2.45) is 4.99 Å². The maximum atomic E-state index is 13.2. The van der Waals surface area contributed by atoms with Crippen LogP contribution in [0.5, 0.6) is 0 Å². The van der Waals surface area contributed by atoms with Crippen LogP contribution in [-0.2, 0) is 11.0 Å². The minimum atomic E-state index is -4.81. The van der Waals surface area contributed by atoms with Gasteiger partial charge in [-0.2, -0.15) is 13.2 Å². The van der Waals surface area contributed by atoms with Crippen LogP contribution in [0.3, 0.4) is 0 Å². The number of carbonyl (C=O) groups is 1. The van der Waals surface area contributed by atoms with Crippen molar-refractivity contribution in [3.63, 3.8) is 0 Å². The number of hydrogen-bond donors (Lipinski definition) is 2. The molecule has 1 aliphatic carbocycles. The van der Waals surface area contributed by atoms with Crippen LogP contribution in [0.25, 0.3) is 0 Å². The fourth-order valence-electron chi connectivity index (χ4n) is 2.06. The predicted octanol–water partition coefficient (Wildman–Crippen LogP) is 2.12. The molecule has 0 spiro atoms. The summed E-state index contributed by atoms with van der Waals surface area (Å²) < 4.78 is 51.3. The van der Waals surface area contributed by atoms with Crippen molar-refractivity contribution in [1.82, 2.24) is 10.6 Å². The van der Waals surface area contributed by atoms with Gasteiger partial charge in [-0.1, -0.05) is 6.07 Å². The summed E-state index contributed by atoms with van der Waals surface area (Å²) in [5.41, 5.74) is -1.39. The van der Waals surface area contributed by atoms with E-state index in [-0.39, 0.29) is 17.6 Å². The number of hydrogen-bond acceptors (Lipinski definition) is 3. The Labute approximate surface area is 117 Å². The summed E-state index contributed by atoms with van der Waals surface area (Å²) >= 11 is 0. The number of alkyl halides is 3. The third-order valence-corrected chi connectivity index (χ3v) is 3.28. The van der Waals surface area contributed by atoms with Gasteiger partial charge >= 0.3 is 6.18 Å². The molecule has 3 rings (SSSR count). The zero-order chi connectivity index (χ0) is 15.2. The van der Waals surface area contributed by atoms with Crippen molar-refractivity contribution < 1.29 is 22.4 Å². The van der Waals surface area contributed by atoms with Crippen molar-refractivity contribution in [1.29, 1.82) is 0 Å². The zero-order valence-corrected chi connectivity index (χ0v) is 10.7. The Morgan fingerprint density at radius 3 is 2.62 bits per heavy atom. The number of amides is 1. The van der Waals surface area contributed by atoms with E-state index in [4.69, 9.17) is 0 Å². The maximum absolute atomic E-state index is 13.2. The van der Waals surface area contributed by atoms with E-state index in [0.29, 0.717) is 12.1 Å². The van der Waals surface area contributed by atoms with Gasteiger partial charge in [-0.25, -0.2) is 9.38 Å². The third-order valence-electron chi connectivity index (χ3n) is 3.28. The lowest BCUT2D eigenvalue weighted by molar-refractivity contribution is -0.140. The van der Waals surface area contributed by atoms with E-state index in [1.54, 1.807) is 0 Å². The first-order valence-corrected chi connectivity index (χ1v) is 6.36. The van der Waals surface area contributed by atoms with Gasteiger partial charge in [0.1, 0.15) is 5.82 Å². The quantitative estimate of drug-likeness (QED) is 0.822. The molecular weight excluding hydrogens is 290 g/mol. The van der Waals surface area contributed by atoms with Crippen molar-refractivity contribution in [3.8, 4) is 0 Å². The minimum absolute atomic E-state index is 0.00817. The van der Waals surface area contributed by atoms with Crippen LogP contribution in [0.1, 0.15) is 30.0 Å². The van der Waals surface area contributed by atoms with Gasteiger partial charge in [0.15, 0.2) is 12.0 Å². The van der Waals surface area contributed by atoms with Crippen LogP contribution < -0.4 is 10.6 Å². The summed E-state index contributed by atoms with van der Waals surface area (Å²) in [5, 5.41) is 5.43. The normalized spacial score (nSPS) is 22.0. The van der Waals surface area contributed by atoms with Gasteiger partial charge in [0.05, 0.1) is 5.56 Å². The second-order valence-electron chi connectivity index (χ2n) is 5.03. The number of guanidine groups is 1. The molecule has 1 saturated carbocycles. The van der Waals surface area contributed by atoms with Gasteiger partial charge in [-0.15, -0.1) is 0 Å². The molecule has 1 aliphatic heterocycles. The molecule has 112 valence electrons. The van der Waals surface area contributed by atoms with Gasteiger partial charge < -0.3 is 5.32 Å². The number of benzene rings is 1. The van der Waals surface area contributed by atoms with Crippen LogP contribution in [-0.4, -0.2) is 17.9 Å². The topological polar surface area (TPSA) is 53.5 Å². The van der Waals surface area contributed by atoms with Crippen molar-refractivity contribution >= 4 is 11.9 Å². The molecule has 0 aromatic heterocycles. The molecule has 8 heteroatoms. The molecule has 4 nitrogen and oxygen atoms in total. The van der Waals surface area contributed by atoms with Crippen LogP contribution in [0.4, 0.5) is 17.6 Å². The van der Waals surface area contributed by atoms with Crippen LogP contribution in [0.2, 0.25) is 0 Å². The first-order chi connectivity index (χ1) is 9.84. The zero-order valence-electron chi connectivity index (χ0n) is 10.7. The number of aliphatic imine (C=N–C) groups is 1. The molecule has 2 N–H and O–H groups in total. The molecule has 1 aromatic rings. The van der Waals surface area contributed by atoms with Crippen molar-refractivity contribution in [2.45, 2.75) is 31.1 Å². The van der Waals surface area contributed by atoms with E-state index in [1.807, 2.05) is 0 Å². The van der Waals surface area contributed by atoms with Crippen molar-refractivity contribution in [3.05, 3.63) is 35.1 Å². The number of nitrogens with zero attached hydrogens (tertiary/aromatic N) is 1. The molecule has 1 heterocycles. The highest BCUT2D eigenvalue weighted by atomic mass is 19.4. The van der Waals surface area contributed by atoms with E-state index >= 15 is 0 Å². The van der Waals surface area contributed by atoms with Gasteiger partial charge in [0.25, 0.3) is 5.91 Å². The van der Waals surface area contributed by atoms with Gasteiger partial charge in [0, 0.05) is 6.04 Å². The molecule has 1 fully saturated rings. The molecule has 0 radical (unpaired) electrons. The highest BCUT2D eigenvalue weighted by Gasteiger charge is 2.37. The summed E-state index contributed by atoms with van der Waals surface area (Å²) in [6.45, 7) is 0. The van der Waals surface area contributed by atoms with Crippen molar-refractivity contribution in [2.75, 3.05) is 0 Å². The summed E-state index contributed by atoms with van der Waals surface area (Å²) in [6.07, 6.45) is -2.88. The van der Waals surface area contributed by atoms with E-state index in [9.17, 15) is 22.4 Å². The fraction of sp³-hybridized carbons (Fsp3) is 0.385. The smallest absolute Gasteiger partial charge is 0.353 e. The summed E-state index contributed by atoms with van der Waals surface area (Å²) in [4.78, 5) is 15.8. The second kappa shape index (κ2) is 4.71. The highest BCUT2D eigenvalue weighted by molar-refractivity contribution is 6.05. The average Bonchev–Trinajstić information content (AvgIpc) is 3.11. The Morgan fingerprint density at radius 2 is 2.00 bits per heavy atom. The summed E-state index contributed by atoms with van der Waals surface area (Å²) in [7, 11) is 0. The Hall–Kier alpha value is -2.12. The molecule has 1 unspecified atom stereocenters. The van der Waals surface area contributed by atoms with E-state index in [0.717, 1.165) is 18.9 Å². The molecule has 2 aliphatic rings. The van der Waals surface area contributed by atoms with E-state index < -0.39 is 29.5 Å². The molecule has 1 aromatic carbocycles. The molecule has 0 bridgehead atoms. The first-order valence-electron chi connectivity index (χ1n) is 6.36. The molecule has 0 saturated heterocycles. The third kappa shape index (κ3) is 2.84. The van der Waals surface area contributed by atoms with Gasteiger partial charge in [-0.05, 0) is 30.5 Å². The van der Waals surface area contributed by atoms with Crippen LogP contribution in [0, 0.1) is 5.82 Å². The summed E-state index contributed by atoms with van der Waals surface area (Å²) in [5.74, 6) is -1.65. The van der Waals surface area contributed by atoms with Gasteiger partial charge in [-0.3, -0.25) is 10.1 Å². The Balaban J connectivity index is 1.89.